The van der Waals surface area contributed by atoms with Crippen LogP contribution in [0.1, 0.15) is 43.1 Å². The molecule has 0 radical (unpaired) electrons. The molecule has 2 fully saturated rings. The number of hydrogen-bond donors (Lipinski definition) is 1. The predicted molar refractivity (Wildman–Crippen MR) is 104 cm³/mol. The lowest BCUT2D eigenvalue weighted by Crippen LogP contribution is -2.47. The molecule has 1 saturated carbocycles. The summed E-state index contributed by atoms with van der Waals surface area (Å²) in [6.07, 6.45) is 5.56. The van der Waals surface area contributed by atoms with E-state index in [0.717, 1.165) is 6.42 Å². The van der Waals surface area contributed by atoms with Crippen molar-refractivity contribution in [1.29, 1.82) is 0 Å². The van der Waals surface area contributed by atoms with E-state index >= 15 is 0 Å². The molecule has 2 unspecified atom stereocenters. The van der Waals surface area contributed by atoms with Gasteiger partial charge in [0.25, 0.3) is 5.91 Å². The Balaban J connectivity index is 1.81. The molecule has 0 bridgehead atoms. The summed E-state index contributed by atoms with van der Waals surface area (Å²) in [4.78, 5) is 27.3. The number of nitrogens with one attached hydrogen (secondary N) is 1. The number of rotatable bonds is 3. The lowest BCUT2D eigenvalue weighted by molar-refractivity contribution is -0.125. The normalized spacial score (nSPS) is 25.1. The van der Waals surface area contributed by atoms with E-state index in [-0.39, 0.29) is 23.8 Å². The first kappa shape index (κ1) is 20.8. The topological polar surface area (TPSA) is 105 Å². The van der Waals surface area contributed by atoms with Gasteiger partial charge in [0.2, 0.25) is 15.9 Å². The van der Waals surface area contributed by atoms with Gasteiger partial charge in [0.05, 0.1) is 12.2 Å². The Labute approximate surface area is 166 Å². The van der Waals surface area contributed by atoms with Crippen molar-refractivity contribution in [1.82, 2.24) is 24.3 Å². The van der Waals surface area contributed by atoms with Crippen LogP contribution in [-0.4, -0.2) is 77.7 Å². The van der Waals surface area contributed by atoms with E-state index in [1.54, 1.807) is 21.8 Å². The molecule has 1 aromatic rings. The second-order valence-electron chi connectivity index (χ2n) is 7.45. The number of carbonyl (C=O) groups excluding carboxylic acids is 2. The monoisotopic (exact) mass is 411 g/mol. The molecule has 1 aliphatic carbocycles. The summed E-state index contributed by atoms with van der Waals surface area (Å²) in [7, 11) is -3.44. The lowest BCUT2D eigenvalue weighted by atomic mass is 10.0. The molecule has 1 aliphatic heterocycles. The first-order valence-electron chi connectivity index (χ1n) is 9.88. The smallest absolute Gasteiger partial charge is 0.272 e. The molecule has 1 N–H and O–H groups in total. The third kappa shape index (κ3) is 4.38. The molecule has 1 aromatic heterocycles. The van der Waals surface area contributed by atoms with Crippen molar-refractivity contribution in [2.45, 2.75) is 45.2 Å². The highest BCUT2D eigenvalue weighted by atomic mass is 32.2. The number of nitrogens with zero attached hydrogens (tertiary/aromatic N) is 4. The molecule has 3 rings (SSSR count). The van der Waals surface area contributed by atoms with E-state index in [9.17, 15) is 18.0 Å². The Hall–Kier alpha value is -1.94. The molecule has 0 aromatic carbocycles. The second-order valence-corrected chi connectivity index (χ2v) is 9.38. The van der Waals surface area contributed by atoms with Gasteiger partial charge in [-0.1, -0.05) is 6.42 Å². The molecule has 2 amide bonds. The van der Waals surface area contributed by atoms with Gasteiger partial charge in [-0.2, -0.15) is 9.40 Å². The van der Waals surface area contributed by atoms with Crippen LogP contribution in [0.4, 0.5) is 0 Å². The maximum absolute atomic E-state index is 13.0. The zero-order valence-corrected chi connectivity index (χ0v) is 17.3. The van der Waals surface area contributed by atoms with Gasteiger partial charge in [0.15, 0.2) is 0 Å². The number of aromatic nitrogens is 2. The van der Waals surface area contributed by atoms with Crippen molar-refractivity contribution in [2.24, 2.45) is 5.92 Å². The predicted octanol–water partition coefficient (Wildman–Crippen LogP) is 0.295. The van der Waals surface area contributed by atoms with Gasteiger partial charge in [-0.3, -0.25) is 14.3 Å². The third-order valence-electron chi connectivity index (χ3n) is 5.62. The molecule has 0 spiro atoms. The molecular weight excluding hydrogens is 382 g/mol. The Morgan fingerprint density at radius 1 is 1.25 bits per heavy atom. The van der Waals surface area contributed by atoms with E-state index in [2.05, 4.69) is 10.4 Å². The van der Waals surface area contributed by atoms with Crippen LogP contribution in [0.2, 0.25) is 0 Å². The number of hydrogen-bond acceptors (Lipinski definition) is 5. The lowest BCUT2D eigenvalue weighted by Gasteiger charge is -2.30. The zero-order chi connectivity index (χ0) is 20.3. The Morgan fingerprint density at radius 2 is 2.04 bits per heavy atom. The molecule has 2 aliphatic rings. The standard InChI is InChI=1S/C18H29N5O4S/c1-3-22-16(8-9-20-22)18(25)21-11-5-12-23(28(2,26)27)15-7-4-6-14(15)17(24)19-10-13-21/h8-9,14-15H,3-7,10-13H2,1-2H3,(H,19,24). The van der Waals surface area contributed by atoms with Crippen LogP contribution in [0.3, 0.4) is 0 Å². The van der Waals surface area contributed by atoms with Crippen molar-refractivity contribution in [3.63, 3.8) is 0 Å². The summed E-state index contributed by atoms with van der Waals surface area (Å²) in [5.74, 6) is -0.596. The van der Waals surface area contributed by atoms with Crippen LogP contribution in [0.15, 0.2) is 12.3 Å². The van der Waals surface area contributed by atoms with Gasteiger partial charge in [-0.15, -0.1) is 0 Å². The number of carbonyl (C=O) groups is 2. The summed E-state index contributed by atoms with van der Waals surface area (Å²) in [6.45, 7) is 3.98. The molecule has 28 heavy (non-hydrogen) atoms. The zero-order valence-electron chi connectivity index (χ0n) is 16.5. The van der Waals surface area contributed by atoms with Crippen LogP contribution in [0.5, 0.6) is 0 Å². The average Bonchev–Trinajstić information content (AvgIpc) is 3.29. The van der Waals surface area contributed by atoms with Crippen LogP contribution in [-0.2, 0) is 21.4 Å². The Kier molecular flexibility index (Phi) is 6.39. The van der Waals surface area contributed by atoms with Gasteiger partial charge in [-0.05, 0) is 32.3 Å². The summed E-state index contributed by atoms with van der Waals surface area (Å²) in [5, 5.41) is 7.05. The van der Waals surface area contributed by atoms with Crippen molar-refractivity contribution in [3.8, 4) is 0 Å². The van der Waals surface area contributed by atoms with E-state index in [1.807, 2.05) is 6.92 Å². The van der Waals surface area contributed by atoms with E-state index in [4.69, 9.17) is 0 Å². The molecule has 9 nitrogen and oxygen atoms in total. The third-order valence-corrected chi connectivity index (χ3v) is 6.93. The fraction of sp³-hybridized carbons (Fsp3) is 0.722. The van der Waals surface area contributed by atoms with Gasteiger partial charge in [0, 0.05) is 45.0 Å². The number of amides is 2. The van der Waals surface area contributed by atoms with Crippen LogP contribution < -0.4 is 5.32 Å². The highest BCUT2D eigenvalue weighted by Gasteiger charge is 2.40. The first-order chi connectivity index (χ1) is 13.3. The van der Waals surface area contributed by atoms with E-state index in [0.29, 0.717) is 57.7 Å². The summed E-state index contributed by atoms with van der Waals surface area (Å²) >= 11 is 0. The minimum atomic E-state index is -3.44. The highest BCUT2D eigenvalue weighted by molar-refractivity contribution is 7.88. The van der Waals surface area contributed by atoms with Gasteiger partial charge < -0.3 is 10.2 Å². The minimum absolute atomic E-state index is 0.121. The first-order valence-corrected chi connectivity index (χ1v) is 11.7. The van der Waals surface area contributed by atoms with E-state index in [1.165, 1.54) is 10.6 Å². The van der Waals surface area contributed by atoms with Crippen LogP contribution in [0, 0.1) is 5.92 Å². The molecular formula is C18H29N5O4S. The number of fused-ring (bicyclic) bond motifs is 1. The minimum Gasteiger partial charge on any atom is -0.354 e. The van der Waals surface area contributed by atoms with Crippen LogP contribution in [0.25, 0.3) is 0 Å². The number of sulfonamides is 1. The molecule has 10 heteroatoms. The summed E-state index contributed by atoms with van der Waals surface area (Å²) < 4.78 is 27.8. The van der Waals surface area contributed by atoms with Gasteiger partial charge in [-0.25, -0.2) is 8.42 Å². The highest BCUT2D eigenvalue weighted by Crippen LogP contribution is 2.32. The van der Waals surface area contributed by atoms with Crippen molar-refractivity contribution in [3.05, 3.63) is 18.0 Å². The molecule has 1 saturated heterocycles. The van der Waals surface area contributed by atoms with Crippen molar-refractivity contribution >= 4 is 21.8 Å². The number of aryl methyl sites for hydroxylation is 1. The fourth-order valence-electron chi connectivity index (χ4n) is 4.27. The van der Waals surface area contributed by atoms with Gasteiger partial charge in [0.1, 0.15) is 5.69 Å². The Morgan fingerprint density at radius 3 is 2.75 bits per heavy atom. The van der Waals surface area contributed by atoms with Crippen molar-refractivity contribution in [2.75, 3.05) is 32.4 Å². The molecule has 2 heterocycles. The fourth-order valence-corrected chi connectivity index (χ4v) is 5.48. The van der Waals surface area contributed by atoms with Crippen molar-refractivity contribution < 1.29 is 18.0 Å². The maximum Gasteiger partial charge on any atom is 0.272 e. The quantitative estimate of drug-likeness (QED) is 0.770. The maximum atomic E-state index is 13.0. The largest absolute Gasteiger partial charge is 0.354 e. The average molecular weight is 412 g/mol. The van der Waals surface area contributed by atoms with E-state index < -0.39 is 10.0 Å². The Bertz CT molecular complexity index is 822. The van der Waals surface area contributed by atoms with Gasteiger partial charge >= 0.3 is 0 Å². The summed E-state index contributed by atoms with van der Waals surface area (Å²) in [5.41, 5.74) is 0.500. The second kappa shape index (κ2) is 8.60. The van der Waals surface area contributed by atoms with Crippen LogP contribution >= 0.6 is 0 Å². The SMILES string of the molecule is CCn1nccc1C(=O)N1CCCN(S(C)(=O)=O)C2CCCC2C(=O)NCC1. The molecule has 156 valence electrons. The molecule has 2 atom stereocenters. The summed E-state index contributed by atoms with van der Waals surface area (Å²) in [6, 6.07) is 1.39.